The molecule has 0 aliphatic carbocycles. The molecule has 1 N–H and O–H groups in total. The van der Waals surface area contributed by atoms with Crippen molar-refractivity contribution in [2.24, 2.45) is 5.41 Å². The van der Waals surface area contributed by atoms with Crippen LogP contribution in [-0.4, -0.2) is 73.2 Å². The molecule has 2 fully saturated rings. The summed E-state index contributed by atoms with van der Waals surface area (Å²) < 4.78 is 33.6. The summed E-state index contributed by atoms with van der Waals surface area (Å²) in [6, 6.07) is 4.67. The van der Waals surface area contributed by atoms with E-state index < -0.39 is 27.6 Å². The third-order valence-corrected chi connectivity index (χ3v) is 9.27. The number of likely N-dealkylation sites (tertiary alicyclic amines) is 1. The fourth-order valence-electron chi connectivity index (χ4n) is 5.23. The van der Waals surface area contributed by atoms with Crippen LogP contribution in [0.15, 0.2) is 23.1 Å². The Balaban J connectivity index is 1.62. The molecule has 2 amide bonds. The van der Waals surface area contributed by atoms with Crippen molar-refractivity contribution in [2.75, 3.05) is 26.2 Å². The van der Waals surface area contributed by atoms with Crippen LogP contribution in [0.25, 0.3) is 0 Å². The predicted octanol–water partition coefficient (Wildman–Crippen LogP) is 2.93. The van der Waals surface area contributed by atoms with Crippen LogP contribution in [0.4, 0.5) is 0 Å². The molecule has 206 valence electrons. The summed E-state index contributed by atoms with van der Waals surface area (Å²) in [5.41, 5.74) is 0.878. The maximum Gasteiger partial charge on any atom is 0.306 e. The van der Waals surface area contributed by atoms with E-state index >= 15 is 0 Å². The lowest BCUT2D eigenvalue weighted by atomic mass is 9.78. The molecule has 9 nitrogen and oxygen atoms in total. The van der Waals surface area contributed by atoms with Gasteiger partial charge in [-0.2, -0.15) is 4.31 Å². The minimum atomic E-state index is -3.59. The van der Waals surface area contributed by atoms with Crippen LogP contribution in [-0.2, 0) is 29.1 Å². The SMILES string of the molecule is CC(=O)N[C@@H](CCC(=O)OC(C)(C)C)C(=O)N1CCC2(CCN(S(=O)(=O)c3cc(C)ccc3C)CC2)C1. The number of amides is 2. The van der Waals surface area contributed by atoms with Crippen LogP contribution >= 0.6 is 0 Å². The number of carbonyl (C=O) groups excluding carboxylic acids is 3. The highest BCUT2D eigenvalue weighted by Crippen LogP contribution is 2.42. The quantitative estimate of drug-likeness (QED) is 0.537. The topological polar surface area (TPSA) is 113 Å². The van der Waals surface area contributed by atoms with E-state index in [-0.39, 0.29) is 30.1 Å². The lowest BCUT2D eigenvalue weighted by Gasteiger charge is -2.39. The summed E-state index contributed by atoms with van der Waals surface area (Å²) in [7, 11) is -3.59. The highest BCUT2D eigenvalue weighted by molar-refractivity contribution is 7.89. The molecule has 0 unspecified atom stereocenters. The van der Waals surface area contributed by atoms with Gasteiger partial charge in [-0.25, -0.2) is 8.42 Å². The molecule has 2 aliphatic heterocycles. The van der Waals surface area contributed by atoms with E-state index in [4.69, 9.17) is 4.74 Å². The summed E-state index contributed by atoms with van der Waals surface area (Å²) in [6.07, 6.45) is 2.32. The van der Waals surface area contributed by atoms with Gasteiger partial charge in [-0.3, -0.25) is 14.4 Å². The van der Waals surface area contributed by atoms with Crippen LogP contribution in [0.5, 0.6) is 0 Å². The summed E-state index contributed by atoms with van der Waals surface area (Å²) in [6.45, 7) is 12.3. The Morgan fingerprint density at radius 2 is 1.70 bits per heavy atom. The van der Waals surface area contributed by atoms with Gasteiger partial charge in [-0.05, 0) is 82.9 Å². The van der Waals surface area contributed by atoms with E-state index in [1.165, 1.54) is 6.92 Å². The zero-order valence-electron chi connectivity index (χ0n) is 22.9. The number of nitrogens with one attached hydrogen (secondary N) is 1. The van der Waals surface area contributed by atoms with Crippen molar-refractivity contribution >= 4 is 27.8 Å². The van der Waals surface area contributed by atoms with E-state index in [0.29, 0.717) is 43.9 Å². The molecule has 0 radical (unpaired) electrons. The fourth-order valence-corrected chi connectivity index (χ4v) is 6.99. The van der Waals surface area contributed by atoms with Gasteiger partial charge in [0.2, 0.25) is 21.8 Å². The van der Waals surface area contributed by atoms with Crippen molar-refractivity contribution in [1.82, 2.24) is 14.5 Å². The summed E-state index contributed by atoms with van der Waals surface area (Å²) in [5, 5.41) is 2.70. The Kier molecular flexibility index (Phi) is 8.74. The first-order valence-corrected chi connectivity index (χ1v) is 14.4. The van der Waals surface area contributed by atoms with Crippen molar-refractivity contribution in [2.45, 2.75) is 90.2 Å². The number of ether oxygens (including phenoxy) is 1. The van der Waals surface area contributed by atoms with Crippen LogP contribution in [0.3, 0.4) is 0 Å². The normalized spacial score (nSPS) is 19.0. The predicted molar refractivity (Wildman–Crippen MR) is 140 cm³/mol. The third-order valence-electron chi connectivity index (χ3n) is 7.23. The number of hydrogen-bond acceptors (Lipinski definition) is 6. The molecular weight excluding hydrogens is 494 g/mol. The molecule has 1 aromatic rings. The van der Waals surface area contributed by atoms with Gasteiger partial charge in [-0.1, -0.05) is 12.1 Å². The molecule has 2 saturated heterocycles. The number of piperidine rings is 1. The van der Waals surface area contributed by atoms with Gasteiger partial charge in [0.15, 0.2) is 0 Å². The summed E-state index contributed by atoms with van der Waals surface area (Å²) in [4.78, 5) is 39.4. The monoisotopic (exact) mass is 535 g/mol. The third kappa shape index (κ3) is 7.31. The van der Waals surface area contributed by atoms with Gasteiger partial charge in [0.25, 0.3) is 0 Å². The maximum absolute atomic E-state index is 13.3. The largest absolute Gasteiger partial charge is 0.460 e. The van der Waals surface area contributed by atoms with Crippen LogP contribution < -0.4 is 5.32 Å². The maximum atomic E-state index is 13.3. The zero-order chi connectivity index (χ0) is 27.6. The van der Waals surface area contributed by atoms with Gasteiger partial charge >= 0.3 is 5.97 Å². The van der Waals surface area contributed by atoms with Crippen molar-refractivity contribution in [3.8, 4) is 0 Å². The number of carbonyl (C=O) groups is 3. The average molecular weight is 536 g/mol. The number of aryl methyl sites for hydroxylation is 2. The van der Waals surface area contributed by atoms with Gasteiger partial charge in [0.05, 0.1) is 4.90 Å². The number of nitrogens with zero attached hydrogens (tertiary/aromatic N) is 2. The van der Waals surface area contributed by atoms with Crippen molar-refractivity contribution in [3.05, 3.63) is 29.3 Å². The molecule has 10 heteroatoms. The highest BCUT2D eigenvalue weighted by atomic mass is 32.2. The number of esters is 1. The molecule has 37 heavy (non-hydrogen) atoms. The number of rotatable bonds is 7. The smallest absolute Gasteiger partial charge is 0.306 e. The minimum absolute atomic E-state index is 0.0259. The highest BCUT2D eigenvalue weighted by Gasteiger charge is 2.45. The standard InChI is InChI=1S/C27H41N3O6S/c1-19-7-8-20(2)23(17-19)37(34,35)30-15-12-27(13-16-30)11-14-29(18-27)25(33)22(28-21(3)31)9-10-24(32)36-26(4,5)6/h7-8,17,22H,9-16,18H2,1-6H3,(H,28,31)/t22-/m0/s1. The Hall–Kier alpha value is -2.46. The number of benzene rings is 1. The Morgan fingerprint density at radius 1 is 1.08 bits per heavy atom. The van der Waals surface area contributed by atoms with E-state index in [0.717, 1.165) is 17.5 Å². The summed E-state index contributed by atoms with van der Waals surface area (Å²) >= 11 is 0. The second-order valence-electron chi connectivity index (χ2n) is 11.6. The average Bonchev–Trinajstić information content (AvgIpc) is 3.20. The Morgan fingerprint density at radius 3 is 2.30 bits per heavy atom. The van der Waals surface area contributed by atoms with Crippen molar-refractivity contribution in [3.63, 3.8) is 0 Å². The molecule has 2 heterocycles. The van der Waals surface area contributed by atoms with E-state index in [1.807, 2.05) is 26.0 Å². The zero-order valence-corrected chi connectivity index (χ0v) is 23.7. The molecule has 2 aliphatic rings. The number of sulfonamides is 1. The van der Waals surface area contributed by atoms with Crippen LogP contribution in [0.1, 0.15) is 70.9 Å². The Labute approximate surface area is 221 Å². The van der Waals surface area contributed by atoms with Gasteiger partial charge in [0, 0.05) is 39.5 Å². The van der Waals surface area contributed by atoms with Crippen molar-refractivity contribution < 1.29 is 27.5 Å². The lowest BCUT2D eigenvalue weighted by Crippen LogP contribution is -2.49. The van der Waals surface area contributed by atoms with Crippen LogP contribution in [0.2, 0.25) is 0 Å². The first-order valence-electron chi connectivity index (χ1n) is 13.0. The van der Waals surface area contributed by atoms with Gasteiger partial charge in [-0.15, -0.1) is 0 Å². The van der Waals surface area contributed by atoms with E-state index in [9.17, 15) is 22.8 Å². The van der Waals surface area contributed by atoms with E-state index in [2.05, 4.69) is 5.32 Å². The molecule has 0 aromatic heterocycles. The molecule has 0 saturated carbocycles. The van der Waals surface area contributed by atoms with Gasteiger partial charge in [0.1, 0.15) is 11.6 Å². The minimum Gasteiger partial charge on any atom is -0.460 e. The molecule has 1 aromatic carbocycles. The van der Waals surface area contributed by atoms with Crippen molar-refractivity contribution in [1.29, 1.82) is 0 Å². The summed E-state index contributed by atoms with van der Waals surface area (Å²) in [5.74, 6) is -0.951. The Bertz CT molecular complexity index is 1130. The first kappa shape index (κ1) is 29.1. The molecule has 1 spiro atoms. The first-order chi connectivity index (χ1) is 17.1. The molecular formula is C27H41N3O6S. The second kappa shape index (κ2) is 11.1. The lowest BCUT2D eigenvalue weighted by molar-refractivity contribution is -0.155. The van der Waals surface area contributed by atoms with Crippen LogP contribution in [0, 0.1) is 19.3 Å². The molecule has 0 bridgehead atoms. The fraction of sp³-hybridized carbons (Fsp3) is 0.667. The van der Waals surface area contributed by atoms with E-state index in [1.54, 1.807) is 36.0 Å². The molecule has 1 atom stereocenters. The molecule has 3 rings (SSSR count). The van der Waals surface area contributed by atoms with Gasteiger partial charge < -0.3 is 15.0 Å². The number of hydrogen-bond donors (Lipinski definition) is 1. The second-order valence-corrected chi connectivity index (χ2v) is 13.5.